The van der Waals surface area contributed by atoms with E-state index in [0.29, 0.717) is 24.4 Å². The van der Waals surface area contributed by atoms with E-state index < -0.39 is 5.54 Å². The molecule has 2 aliphatic rings. The summed E-state index contributed by atoms with van der Waals surface area (Å²) < 4.78 is 0. The summed E-state index contributed by atoms with van der Waals surface area (Å²) in [4.78, 5) is 29.1. The van der Waals surface area contributed by atoms with Crippen molar-refractivity contribution in [2.75, 3.05) is 26.7 Å². The molecule has 0 bridgehead atoms. The van der Waals surface area contributed by atoms with Gasteiger partial charge in [0.25, 0.3) is 5.91 Å². The van der Waals surface area contributed by atoms with Gasteiger partial charge in [0.15, 0.2) is 12.3 Å². The molecule has 1 atom stereocenters. The second kappa shape index (κ2) is 7.88. The van der Waals surface area contributed by atoms with Crippen molar-refractivity contribution < 1.29 is 14.5 Å². The van der Waals surface area contributed by atoms with Gasteiger partial charge in [-0.15, -0.1) is 0 Å². The SMILES string of the molecule is CN(C(=O)C[NH+]1CCCCC1)[C@]1(c2ccccc2Cl)CCCCC1=O. The third kappa shape index (κ3) is 3.61. The Morgan fingerprint density at radius 1 is 1.16 bits per heavy atom. The molecule has 0 aromatic heterocycles. The predicted octanol–water partition coefficient (Wildman–Crippen LogP) is 2.21. The molecule has 3 rings (SSSR count). The summed E-state index contributed by atoms with van der Waals surface area (Å²) >= 11 is 6.46. The number of nitrogens with one attached hydrogen (secondary N) is 1. The lowest BCUT2D eigenvalue weighted by Crippen LogP contribution is -3.14. The van der Waals surface area contributed by atoms with Crippen LogP contribution in [0.1, 0.15) is 50.5 Å². The van der Waals surface area contributed by atoms with Crippen molar-refractivity contribution in [3.8, 4) is 0 Å². The highest BCUT2D eigenvalue weighted by Gasteiger charge is 2.48. The quantitative estimate of drug-likeness (QED) is 0.891. The number of Topliss-reactive ketones (excluding diaryl/α,β-unsaturated/α-hetero) is 1. The van der Waals surface area contributed by atoms with Crippen molar-refractivity contribution in [3.63, 3.8) is 0 Å². The first-order valence-corrected chi connectivity index (χ1v) is 9.82. The zero-order valence-corrected chi connectivity index (χ0v) is 15.8. The Labute approximate surface area is 155 Å². The number of hydrogen-bond donors (Lipinski definition) is 1. The first-order valence-electron chi connectivity index (χ1n) is 9.44. The number of quaternary nitrogens is 1. The van der Waals surface area contributed by atoms with Crippen LogP contribution in [0, 0.1) is 0 Å². The van der Waals surface area contributed by atoms with Crippen molar-refractivity contribution in [2.45, 2.75) is 50.5 Å². The topological polar surface area (TPSA) is 41.8 Å². The van der Waals surface area contributed by atoms with Crippen LogP contribution in [0.2, 0.25) is 5.02 Å². The summed E-state index contributed by atoms with van der Waals surface area (Å²) in [7, 11) is 1.79. The van der Waals surface area contributed by atoms with Crippen molar-refractivity contribution in [2.24, 2.45) is 0 Å². The zero-order chi connectivity index (χ0) is 17.9. The fourth-order valence-electron chi connectivity index (χ4n) is 4.40. The number of likely N-dealkylation sites (N-methyl/N-ethyl adjacent to an activating group) is 1. The van der Waals surface area contributed by atoms with Crippen molar-refractivity contribution in [1.29, 1.82) is 0 Å². The maximum atomic E-state index is 13.1. The first kappa shape index (κ1) is 18.4. The van der Waals surface area contributed by atoms with Crippen molar-refractivity contribution in [3.05, 3.63) is 34.9 Å². The Balaban J connectivity index is 1.90. The molecule has 25 heavy (non-hydrogen) atoms. The number of likely N-dealkylation sites (tertiary alicyclic amines) is 1. The van der Waals surface area contributed by atoms with Gasteiger partial charge in [0.05, 0.1) is 13.1 Å². The molecule has 1 aliphatic heterocycles. The Hall–Kier alpha value is -1.39. The summed E-state index contributed by atoms with van der Waals surface area (Å²) in [5, 5.41) is 0.572. The Morgan fingerprint density at radius 2 is 1.88 bits per heavy atom. The molecule has 5 heteroatoms. The second-order valence-electron chi connectivity index (χ2n) is 7.41. The molecule has 0 radical (unpaired) electrons. The zero-order valence-electron chi connectivity index (χ0n) is 15.0. The van der Waals surface area contributed by atoms with Crippen LogP contribution >= 0.6 is 11.6 Å². The van der Waals surface area contributed by atoms with Crippen LogP contribution in [0.3, 0.4) is 0 Å². The van der Waals surface area contributed by atoms with E-state index in [4.69, 9.17) is 11.6 Å². The first-order chi connectivity index (χ1) is 12.1. The van der Waals surface area contributed by atoms with Crippen LogP contribution in [0.5, 0.6) is 0 Å². The van der Waals surface area contributed by atoms with Gasteiger partial charge in [-0.05, 0) is 44.6 Å². The highest BCUT2D eigenvalue weighted by molar-refractivity contribution is 6.31. The normalized spacial score (nSPS) is 25.0. The number of ketones is 1. The molecule has 1 aromatic carbocycles. The molecule has 0 spiro atoms. The molecule has 1 N–H and O–H groups in total. The standard InChI is InChI=1S/C20H27ClN2O2/c1-22(19(25)15-23-13-7-2-8-14-23)20(12-6-5-11-18(20)24)16-9-3-4-10-17(16)21/h3-4,9-10H,2,5-8,11-15H2,1H3/p+1/t20-/m0/s1. The van der Waals surface area contributed by atoms with Gasteiger partial charge in [-0.3, -0.25) is 9.59 Å². The number of amides is 1. The summed E-state index contributed by atoms with van der Waals surface area (Å²) in [6.07, 6.45) is 6.62. The van der Waals surface area contributed by atoms with E-state index in [9.17, 15) is 9.59 Å². The van der Waals surface area contributed by atoms with Crippen LogP contribution in [0.25, 0.3) is 0 Å². The van der Waals surface area contributed by atoms with Gasteiger partial charge in [0, 0.05) is 24.1 Å². The number of carbonyl (C=O) groups is 2. The van der Waals surface area contributed by atoms with Gasteiger partial charge in [-0.1, -0.05) is 29.8 Å². The van der Waals surface area contributed by atoms with Crippen LogP contribution in [-0.2, 0) is 15.1 Å². The molecular formula is C20H28ClN2O2+. The summed E-state index contributed by atoms with van der Waals surface area (Å²) in [5.74, 6) is 0.170. The van der Waals surface area contributed by atoms with Gasteiger partial charge in [-0.25, -0.2) is 0 Å². The fourth-order valence-corrected chi connectivity index (χ4v) is 4.70. The molecule has 136 valence electrons. The number of hydrogen-bond acceptors (Lipinski definition) is 2. The maximum Gasteiger partial charge on any atom is 0.278 e. The lowest BCUT2D eigenvalue weighted by Gasteiger charge is -2.44. The Morgan fingerprint density at radius 3 is 2.56 bits per heavy atom. The molecule has 1 saturated heterocycles. The molecule has 4 nitrogen and oxygen atoms in total. The van der Waals surface area contributed by atoms with Crippen LogP contribution in [0.15, 0.2) is 24.3 Å². The van der Waals surface area contributed by atoms with Gasteiger partial charge >= 0.3 is 0 Å². The van der Waals surface area contributed by atoms with Gasteiger partial charge < -0.3 is 9.80 Å². The minimum Gasteiger partial charge on any atom is -0.327 e. The van der Waals surface area contributed by atoms with E-state index in [0.717, 1.165) is 31.5 Å². The van der Waals surface area contributed by atoms with E-state index in [1.54, 1.807) is 11.9 Å². The number of piperidine rings is 1. The van der Waals surface area contributed by atoms with Crippen LogP contribution < -0.4 is 4.90 Å². The summed E-state index contributed by atoms with van der Waals surface area (Å²) in [5.41, 5.74) is -0.117. The molecule has 1 heterocycles. The third-order valence-electron chi connectivity index (χ3n) is 5.88. The number of rotatable bonds is 4. The fraction of sp³-hybridized carbons (Fsp3) is 0.600. The molecule has 1 saturated carbocycles. The van der Waals surface area contributed by atoms with E-state index in [1.807, 2.05) is 24.3 Å². The Kier molecular flexibility index (Phi) is 5.80. The number of halogens is 1. The second-order valence-corrected chi connectivity index (χ2v) is 7.82. The molecule has 1 amide bonds. The molecule has 2 fully saturated rings. The molecular weight excluding hydrogens is 336 g/mol. The van der Waals surface area contributed by atoms with E-state index in [2.05, 4.69) is 0 Å². The number of nitrogens with zero attached hydrogens (tertiary/aromatic N) is 1. The van der Waals surface area contributed by atoms with Crippen LogP contribution in [-0.4, -0.2) is 43.3 Å². The van der Waals surface area contributed by atoms with Gasteiger partial charge in [-0.2, -0.15) is 0 Å². The Bertz CT molecular complexity index is 642. The molecule has 0 unspecified atom stereocenters. The number of benzene rings is 1. The molecule has 1 aromatic rings. The van der Waals surface area contributed by atoms with Gasteiger partial charge in [0.1, 0.15) is 5.54 Å². The molecule has 1 aliphatic carbocycles. The summed E-state index contributed by atoms with van der Waals surface area (Å²) in [6, 6.07) is 7.49. The predicted molar refractivity (Wildman–Crippen MR) is 98.8 cm³/mol. The van der Waals surface area contributed by atoms with Crippen molar-refractivity contribution in [1.82, 2.24) is 4.90 Å². The lowest BCUT2D eigenvalue weighted by atomic mass is 9.74. The average Bonchev–Trinajstić information content (AvgIpc) is 2.63. The van der Waals surface area contributed by atoms with E-state index >= 15 is 0 Å². The highest BCUT2D eigenvalue weighted by atomic mass is 35.5. The smallest absolute Gasteiger partial charge is 0.278 e. The van der Waals surface area contributed by atoms with Gasteiger partial charge in [0.2, 0.25) is 0 Å². The van der Waals surface area contributed by atoms with Crippen LogP contribution in [0.4, 0.5) is 0 Å². The minimum atomic E-state index is -0.900. The van der Waals surface area contributed by atoms with Crippen molar-refractivity contribution >= 4 is 23.3 Å². The third-order valence-corrected chi connectivity index (χ3v) is 6.21. The van der Waals surface area contributed by atoms with E-state index in [1.165, 1.54) is 24.2 Å². The minimum absolute atomic E-state index is 0.0482. The average molecular weight is 364 g/mol. The number of carbonyl (C=O) groups excluding carboxylic acids is 2. The monoisotopic (exact) mass is 363 g/mol. The lowest BCUT2D eigenvalue weighted by molar-refractivity contribution is -0.897. The largest absolute Gasteiger partial charge is 0.327 e. The van der Waals surface area contributed by atoms with E-state index in [-0.39, 0.29) is 11.7 Å². The maximum absolute atomic E-state index is 13.1. The summed E-state index contributed by atoms with van der Waals surface area (Å²) in [6.45, 7) is 2.56. The highest BCUT2D eigenvalue weighted by Crippen LogP contribution is 2.42.